The minimum atomic E-state index is -0.453. The van der Waals surface area contributed by atoms with Crippen LogP contribution in [0.1, 0.15) is 5.56 Å². The first-order valence-electron chi connectivity index (χ1n) is 5.65. The molecule has 0 radical (unpaired) electrons. The zero-order valence-electron chi connectivity index (χ0n) is 10.7. The van der Waals surface area contributed by atoms with Crippen molar-refractivity contribution in [3.63, 3.8) is 0 Å². The molecule has 0 aliphatic carbocycles. The summed E-state index contributed by atoms with van der Waals surface area (Å²) in [5.74, 6) is 1.21. The van der Waals surface area contributed by atoms with Crippen LogP contribution in [0.2, 0.25) is 0 Å². The second-order valence-corrected chi connectivity index (χ2v) is 3.88. The molecule has 0 atom stereocenters. The third-order valence-electron chi connectivity index (χ3n) is 2.77. The van der Waals surface area contributed by atoms with Gasteiger partial charge >= 0.3 is 5.69 Å². The van der Waals surface area contributed by atoms with E-state index in [-0.39, 0.29) is 12.1 Å². The number of nitrogens with one attached hydrogen (secondary N) is 1. The summed E-state index contributed by atoms with van der Waals surface area (Å²) in [6, 6.07) is 6.52. The minimum Gasteiger partial charge on any atom is -0.497 e. The number of nitrogens with zero attached hydrogens (tertiary/aromatic N) is 1. The lowest BCUT2D eigenvalue weighted by Crippen LogP contribution is -2.34. The number of aromatic amines is 1. The Morgan fingerprint density at radius 3 is 2.58 bits per heavy atom. The maximum atomic E-state index is 11.6. The van der Waals surface area contributed by atoms with Crippen LogP contribution >= 0.6 is 0 Å². The molecule has 0 aliphatic heterocycles. The lowest BCUT2D eigenvalue weighted by Gasteiger charge is -2.11. The van der Waals surface area contributed by atoms with Crippen LogP contribution in [0.4, 0.5) is 0 Å². The first kappa shape index (κ1) is 12.9. The lowest BCUT2D eigenvalue weighted by molar-refractivity contribution is 0.390. The van der Waals surface area contributed by atoms with Crippen molar-refractivity contribution in [2.24, 2.45) is 0 Å². The Kier molecular flexibility index (Phi) is 3.70. The van der Waals surface area contributed by atoms with Gasteiger partial charge in [0.2, 0.25) is 0 Å². The van der Waals surface area contributed by atoms with Gasteiger partial charge in [-0.05, 0) is 12.1 Å². The van der Waals surface area contributed by atoms with Gasteiger partial charge in [-0.3, -0.25) is 9.36 Å². The maximum Gasteiger partial charge on any atom is 0.328 e. The van der Waals surface area contributed by atoms with Gasteiger partial charge in [0.25, 0.3) is 5.56 Å². The fourth-order valence-corrected chi connectivity index (χ4v) is 1.75. The van der Waals surface area contributed by atoms with E-state index in [1.807, 2.05) is 0 Å². The Morgan fingerprint density at radius 2 is 1.95 bits per heavy atom. The van der Waals surface area contributed by atoms with E-state index in [1.54, 1.807) is 25.3 Å². The summed E-state index contributed by atoms with van der Waals surface area (Å²) in [6.45, 7) is 0.141. The summed E-state index contributed by atoms with van der Waals surface area (Å²) in [6.07, 6.45) is 1.33. The molecular formula is C13H14N2O4. The highest BCUT2D eigenvalue weighted by atomic mass is 16.5. The van der Waals surface area contributed by atoms with E-state index in [1.165, 1.54) is 19.4 Å². The molecule has 1 N–H and O–H groups in total. The van der Waals surface area contributed by atoms with E-state index in [2.05, 4.69) is 4.98 Å². The molecule has 1 aromatic heterocycles. The first-order valence-corrected chi connectivity index (χ1v) is 5.65. The van der Waals surface area contributed by atoms with Crippen molar-refractivity contribution in [3.8, 4) is 11.5 Å². The highest BCUT2D eigenvalue weighted by Crippen LogP contribution is 2.24. The van der Waals surface area contributed by atoms with Gasteiger partial charge < -0.3 is 14.5 Å². The molecule has 1 heterocycles. The molecule has 6 heteroatoms. The second-order valence-electron chi connectivity index (χ2n) is 3.88. The van der Waals surface area contributed by atoms with Gasteiger partial charge in [0.1, 0.15) is 11.5 Å². The van der Waals surface area contributed by atoms with Gasteiger partial charge in [0.15, 0.2) is 0 Å². The number of aromatic nitrogens is 2. The van der Waals surface area contributed by atoms with Gasteiger partial charge in [0.05, 0.1) is 20.8 Å². The Labute approximate surface area is 109 Å². The smallest absolute Gasteiger partial charge is 0.328 e. The fraction of sp³-hybridized carbons (Fsp3) is 0.231. The van der Waals surface area contributed by atoms with Crippen molar-refractivity contribution < 1.29 is 9.47 Å². The maximum absolute atomic E-state index is 11.6. The molecule has 0 spiro atoms. The Hall–Kier alpha value is -2.50. The standard InChI is InChI=1S/C13H14N2O4/c1-18-10-4-3-9(11(7-10)19-2)8-15-12(16)5-6-14-13(15)17/h3-7H,8H2,1-2H3,(H,14,17). The largest absolute Gasteiger partial charge is 0.497 e. The summed E-state index contributed by atoms with van der Waals surface area (Å²) < 4.78 is 11.4. The van der Waals surface area contributed by atoms with E-state index >= 15 is 0 Å². The SMILES string of the molecule is COc1ccc(Cn2c(=O)cc[nH]c2=O)c(OC)c1. The van der Waals surface area contributed by atoms with Crippen LogP contribution < -0.4 is 20.7 Å². The second kappa shape index (κ2) is 5.43. The van der Waals surface area contributed by atoms with Crippen LogP contribution in [-0.4, -0.2) is 23.8 Å². The number of hydrogen-bond acceptors (Lipinski definition) is 4. The van der Waals surface area contributed by atoms with E-state index in [9.17, 15) is 9.59 Å². The van der Waals surface area contributed by atoms with Gasteiger partial charge in [-0.25, -0.2) is 4.79 Å². The quantitative estimate of drug-likeness (QED) is 0.875. The van der Waals surface area contributed by atoms with Crippen LogP contribution in [0.25, 0.3) is 0 Å². The Bertz CT molecular complexity index is 659. The monoisotopic (exact) mass is 262 g/mol. The summed E-state index contributed by atoms with van der Waals surface area (Å²) in [5, 5.41) is 0. The van der Waals surface area contributed by atoms with Crippen LogP contribution in [-0.2, 0) is 6.54 Å². The van der Waals surface area contributed by atoms with Gasteiger partial charge in [-0.1, -0.05) is 0 Å². The minimum absolute atomic E-state index is 0.141. The van der Waals surface area contributed by atoms with E-state index in [0.717, 1.165) is 10.1 Å². The molecule has 6 nitrogen and oxygen atoms in total. The predicted molar refractivity (Wildman–Crippen MR) is 70.0 cm³/mol. The topological polar surface area (TPSA) is 73.3 Å². The van der Waals surface area contributed by atoms with Gasteiger partial charge in [0, 0.05) is 23.9 Å². The number of methoxy groups -OCH3 is 2. The Balaban J connectivity index is 2.44. The van der Waals surface area contributed by atoms with Crippen molar-refractivity contribution in [2.75, 3.05) is 14.2 Å². The van der Waals surface area contributed by atoms with E-state index < -0.39 is 5.69 Å². The zero-order valence-corrected chi connectivity index (χ0v) is 10.7. The number of hydrogen-bond donors (Lipinski definition) is 1. The molecule has 0 saturated carbocycles. The molecule has 0 aliphatic rings. The van der Waals surface area contributed by atoms with Gasteiger partial charge in [-0.2, -0.15) is 0 Å². The van der Waals surface area contributed by atoms with Crippen LogP contribution in [0.15, 0.2) is 40.1 Å². The van der Waals surface area contributed by atoms with Gasteiger partial charge in [-0.15, -0.1) is 0 Å². The van der Waals surface area contributed by atoms with Crippen LogP contribution in [0, 0.1) is 0 Å². The number of ether oxygens (including phenoxy) is 2. The molecule has 1 aromatic carbocycles. The predicted octanol–water partition coefficient (Wildman–Crippen LogP) is 0.602. The van der Waals surface area contributed by atoms with Crippen LogP contribution in [0.3, 0.4) is 0 Å². The first-order chi connectivity index (χ1) is 9.15. The number of H-pyrrole nitrogens is 1. The summed E-state index contributed by atoms with van der Waals surface area (Å²) in [5.41, 5.74) is -0.0888. The average molecular weight is 262 g/mol. The molecule has 19 heavy (non-hydrogen) atoms. The van der Waals surface area contributed by atoms with Crippen molar-refractivity contribution >= 4 is 0 Å². The third kappa shape index (κ3) is 2.67. The highest BCUT2D eigenvalue weighted by molar-refractivity contribution is 5.40. The summed E-state index contributed by atoms with van der Waals surface area (Å²) >= 11 is 0. The van der Waals surface area contributed by atoms with Crippen molar-refractivity contribution in [3.05, 3.63) is 56.9 Å². The summed E-state index contributed by atoms with van der Waals surface area (Å²) in [7, 11) is 3.08. The number of rotatable bonds is 4. The molecule has 100 valence electrons. The molecule has 0 saturated heterocycles. The van der Waals surface area contributed by atoms with E-state index in [0.29, 0.717) is 11.5 Å². The van der Waals surface area contributed by atoms with E-state index in [4.69, 9.17) is 9.47 Å². The molecule has 0 amide bonds. The molecule has 0 fully saturated rings. The zero-order chi connectivity index (χ0) is 13.8. The van der Waals surface area contributed by atoms with Crippen LogP contribution in [0.5, 0.6) is 11.5 Å². The van der Waals surface area contributed by atoms with Crippen molar-refractivity contribution in [1.82, 2.24) is 9.55 Å². The molecule has 2 rings (SSSR count). The fourth-order valence-electron chi connectivity index (χ4n) is 1.75. The molecule has 2 aromatic rings. The normalized spacial score (nSPS) is 10.2. The average Bonchev–Trinajstić information content (AvgIpc) is 2.43. The summed E-state index contributed by atoms with van der Waals surface area (Å²) in [4.78, 5) is 25.7. The third-order valence-corrected chi connectivity index (χ3v) is 2.77. The lowest BCUT2D eigenvalue weighted by atomic mass is 10.2. The van der Waals surface area contributed by atoms with Crippen molar-refractivity contribution in [2.45, 2.75) is 6.54 Å². The molecule has 0 bridgehead atoms. The highest BCUT2D eigenvalue weighted by Gasteiger charge is 2.08. The molecular weight excluding hydrogens is 248 g/mol. The Morgan fingerprint density at radius 1 is 1.16 bits per heavy atom. The molecule has 0 unspecified atom stereocenters. The number of benzene rings is 1. The van der Waals surface area contributed by atoms with Crippen molar-refractivity contribution in [1.29, 1.82) is 0 Å².